The SMILES string of the molecule is CC(C)COC(=O)N1CCCC1C#N. The number of amides is 1. The maximum Gasteiger partial charge on any atom is 0.410 e. The van der Waals surface area contributed by atoms with Gasteiger partial charge in [-0.25, -0.2) is 4.79 Å². The van der Waals surface area contributed by atoms with Crippen molar-refractivity contribution in [3.8, 4) is 6.07 Å². The van der Waals surface area contributed by atoms with Crippen molar-refractivity contribution >= 4 is 6.09 Å². The highest BCUT2D eigenvalue weighted by atomic mass is 16.6. The van der Waals surface area contributed by atoms with Crippen molar-refractivity contribution in [2.75, 3.05) is 13.2 Å². The third kappa shape index (κ3) is 2.63. The molecule has 78 valence electrons. The summed E-state index contributed by atoms with van der Waals surface area (Å²) in [6.45, 7) is 5.04. The van der Waals surface area contributed by atoms with Gasteiger partial charge in [-0.2, -0.15) is 5.26 Å². The smallest absolute Gasteiger partial charge is 0.410 e. The van der Waals surface area contributed by atoms with Gasteiger partial charge in [-0.3, -0.25) is 4.90 Å². The summed E-state index contributed by atoms with van der Waals surface area (Å²) >= 11 is 0. The minimum Gasteiger partial charge on any atom is -0.449 e. The molecule has 0 radical (unpaired) electrons. The number of carbonyl (C=O) groups is 1. The van der Waals surface area contributed by atoms with Crippen LogP contribution < -0.4 is 0 Å². The Balaban J connectivity index is 2.40. The predicted molar refractivity (Wildman–Crippen MR) is 51.5 cm³/mol. The first kappa shape index (κ1) is 10.8. The molecule has 4 heteroatoms. The van der Waals surface area contributed by atoms with Crippen LogP contribution in [0.5, 0.6) is 0 Å². The van der Waals surface area contributed by atoms with Gasteiger partial charge in [0.05, 0.1) is 12.7 Å². The molecule has 1 heterocycles. The zero-order chi connectivity index (χ0) is 10.6. The number of hydrogen-bond acceptors (Lipinski definition) is 3. The lowest BCUT2D eigenvalue weighted by atomic mass is 10.2. The van der Waals surface area contributed by atoms with E-state index in [1.807, 2.05) is 13.8 Å². The van der Waals surface area contributed by atoms with Crippen LogP contribution in [0.2, 0.25) is 0 Å². The molecule has 1 rings (SSSR count). The Hall–Kier alpha value is -1.24. The van der Waals surface area contributed by atoms with Crippen LogP contribution >= 0.6 is 0 Å². The predicted octanol–water partition coefficient (Wildman–Crippen LogP) is 1.77. The quantitative estimate of drug-likeness (QED) is 0.676. The second-order valence-electron chi connectivity index (χ2n) is 3.95. The fourth-order valence-electron chi connectivity index (χ4n) is 1.44. The van der Waals surface area contributed by atoms with E-state index in [2.05, 4.69) is 6.07 Å². The average Bonchev–Trinajstić information content (AvgIpc) is 2.61. The molecule has 1 fully saturated rings. The summed E-state index contributed by atoms with van der Waals surface area (Å²) < 4.78 is 5.06. The van der Waals surface area contributed by atoms with Crippen LogP contribution in [0, 0.1) is 17.2 Å². The van der Waals surface area contributed by atoms with Crippen molar-refractivity contribution < 1.29 is 9.53 Å². The Labute approximate surface area is 84.4 Å². The molecule has 0 aromatic carbocycles. The maximum atomic E-state index is 11.5. The van der Waals surface area contributed by atoms with E-state index in [1.54, 1.807) is 0 Å². The van der Waals surface area contributed by atoms with Gasteiger partial charge in [0.15, 0.2) is 0 Å². The lowest BCUT2D eigenvalue weighted by Gasteiger charge is -2.19. The first-order valence-corrected chi connectivity index (χ1v) is 4.98. The summed E-state index contributed by atoms with van der Waals surface area (Å²) in [5.74, 6) is 0.335. The van der Waals surface area contributed by atoms with E-state index < -0.39 is 0 Å². The Kier molecular flexibility index (Phi) is 3.75. The van der Waals surface area contributed by atoms with Gasteiger partial charge in [0.2, 0.25) is 0 Å². The third-order valence-corrected chi connectivity index (χ3v) is 2.18. The molecule has 4 nitrogen and oxygen atoms in total. The number of likely N-dealkylation sites (tertiary alicyclic amines) is 1. The summed E-state index contributed by atoms with van der Waals surface area (Å²) in [4.78, 5) is 13.0. The first-order valence-electron chi connectivity index (χ1n) is 4.98. The lowest BCUT2D eigenvalue weighted by molar-refractivity contribution is 0.0939. The molecule has 0 N–H and O–H groups in total. The molecule has 1 unspecified atom stereocenters. The van der Waals surface area contributed by atoms with E-state index in [-0.39, 0.29) is 12.1 Å². The molecule has 0 spiro atoms. The second kappa shape index (κ2) is 4.85. The van der Waals surface area contributed by atoms with Gasteiger partial charge in [0.25, 0.3) is 0 Å². The van der Waals surface area contributed by atoms with Crippen LogP contribution in [0.25, 0.3) is 0 Å². The van der Waals surface area contributed by atoms with E-state index in [4.69, 9.17) is 10.00 Å². The monoisotopic (exact) mass is 196 g/mol. The van der Waals surface area contributed by atoms with Crippen LogP contribution in [-0.4, -0.2) is 30.2 Å². The lowest BCUT2D eigenvalue weighted by Crippen LogP contribution is -2.35. The van der Waals surface area contributed by atoms with Crippen molar-refractivity contribution in [1.82, 2.24) is 4.90 Å². The fraction of sp³-hybridized carbons (Fsp3) is 0.800. The summed E-state index contributed by atoms with van der Waals surface area (Å²) in [6.07, 6.45) is 1.32. The van der Waals surface area contributed by atoms with Gasteiger partial charge < -0.3 is 4.74 Å². The number of rotatable bonds is 2. The van der Waals surface area contributed by atoms with Crippen LogP contribution in [0.3, 0.4) is 0 Å². The molecular weight excluding hydrogens is 180 g/mol. The van der Waals surface area contributed by atoms with Crippen LogP contribution in [0.15, 0.2) is 0 Å². The van der Waals surface area contributed by atoms with E-state index in [9.17, 15) is 4.79 Å². The molecular formula is C10H16N2O2. The Bertz CT molecular complexity index is 245. The average molecular weight is 196 g/mol. The van der Waals surface area contributed by atoms with Crippen LogP contribution in [0.4, 0.5) is 4.79 Å². The summed E-state index contributed by atoms with van der Waals surface area (Å²) in [7, 11) is 0. The van der Waals surface area contributed by atoms with Crippen LogP contribution in [0.1, 0.15) is 26.7 Å². The Morgan fingerprint density at radius 1 is 1.71 bits per heavy atom. The molecule has 0 aromatic rings. The third-order valence-electron chi connectivity index (χ3n) is 2.18. The van der Waals surface area contributed by atoms with Crippen molar-refractivity contribution in [1.29, 1.82) is 5.26 Å². The molecule has 0 aliphatic carbocycles. The molecule has 1 aliphatic rings. The van der Waals surface area contributed by atoms with Crippen molar-refractivity contribution in [2.45, 2.75) is 32.7 Å². The minimum atomic E-state index is -0.345. The first-order chi connectivity index (χ1) is 6.65. The highest BCUT2D eigenvalue weighted by Crippen LogP contribution is 2.17. The van der Waals surface area contributed by atoms with Crippen molar-refractivity contribution in [3.63, 3.8) is 0 Å². The minimum absolute atomic E-state index is 0.283. The van der Waals surface area contributed by atoms with E-state index in [0.717, 1.165) is 12.8 Å². The topological polar surface area (TPSA) is 53.3 Å². The number of carbonyl (C=O) groups excluding carboxylic acids is 1. The molecule has 0 bridgehead atoms. The van der Waals surface area contributed by atoms with Gasteiger partial charge in [-0.1, -0.05) is 13.8 Å². The standard InChI is InChI=1S/C10H16N2O2/c1-8(2)7-14-10(13)12-5-3-4-9(12)6-11/h8-9H,3-5,7H2,1-2H3. The van der Waals surface area contributed by atoms with E-state index in [0.29, 0.717) is 19.1 Å². The molecule has 0 saturated carbocycles. The number of hydrogen-bond donors (Lipinski definition) is 0. The maximum absolute atomic E-state index is 11.5. The van der Waals surface area contributed by atoms with Gasteiger partial charge in [0.1, 0.15) is 6.04 Å². The second-order valence-corrected chi connectivity index (χ2v) is 3.95. The Morgan fingerprint density at radius 3 is 3.00 bits per heavy atom. The molecule has 1 aliphatic heterocycles. The van der Waals surface area contributed by atoms with E-state index in [1.165, 1.54) is 4.90 Å². The van der Waals surface area contributed by atoms with Crippen molar-refractivity contribution in [2.24, 2.45) is 5.92 Å². The number of nitriles is 1. The Morgan fingerprint density at radius 2 is 2.43 bits per heavy atom. The molecule has 1 atom stereocenters. The number of ether oxygens (including phenoxy) is 1. The summed E-state index contributed by atoms with van der Waals surface area (Å²) in [5, 5.41) is 8.76. The van der Waals surface area contributed by atoms with Gasteiger partial charge in [0, 0.05) is 6.54 Å². The van der Waals surface area contributed by atoms with E-state index >= 15 is 0 Å². The fourth-order valence-corrected chi connectivity index (χ4v) is 1.44. The molecule has 1 amide bonds. The van der Waals surface area contributed by atoms with Crippen molar-refractivity contribution in [3.05, 3.63) is 0 Å². The normalized spacial score (nSPS) is 21.0. The largest absolute Gasteiger partial charge is 0.449 e. The molecule has 1 saturated heterocycles. The highest BCUT2D eigenvalue weighted by molar-refractivity contribution is 5.68. The summed E-state index contributed by atoms with van der Waals surface area (Å²) in [6, 6.07) is 1.82. The number of nitrogens with zero attached hydrogens (tertiary/aromatic N) is 2. The zero-order valence-corrected chi connectivity index (χ0v) is 8.69. The molecule has 14 heavy (non-hydrogen) atoms. The van der Waals surface area contributed by atoms with Gasteiger partial charge >= 0.3 is 6.09 Å². The zero-order valence-electron chi connectivity index (χ0n) is 8.69. The highest BCUT2D eigenvalue weighted by Gasteiger charge is 2.29. The van der Waals surface area contributed by atoms with Gasteiger partial charge in [-0.05, 0) is 18.8 Å². The van der Waals surface area contributed by atoms with Gasteiger partial charge in [-0.15, -0.1) is 0 Å². The van der Waals surface area contributed by atoms with Crippen LogP contribution in [-0.2, 0) is 4.74 Å². The molecule has 0 aromatic heterocycles. The summed E-state index contributed by atoms with van der Waals surface area (Å²) in [5.41, 5.74) is 0.